The molecule has 0 aromatic rings. The van der Waals surface area contributed by atoms with Crippen LogP contribution in [0.5, 0.6) is 0 Å². The highest BCUT2D eigenvalue weighted by Gasteiger charge is 1.68. The van der Waals surface area contributed by atoms with Gasteiger partial charge in [-0.05, 0) is 6.42 Å². The molecule has 3 heteroatoms. The fourth-order valence-electron chi connectivity index (χ4n) is 0.676. The van der Waals surface area contributed by atoms with Crippen LogP contribution < -0.4 is 0 Å². The maximum absolute atomic E-state index is 4.69. The predicted octanol–water partition coefficient (Wildman–Crippen LogP) is 3.48. The van der Waals surface area contributed by atoms with Crippen molar-refractivity contribution < 1.29 is 14.2 Å². The first-order valence-electron chi connectivity index (χ1n) is 5.71. The first kappa shape index (κ1) is 20.3. The molecule has 15 heavy (non-hydrogen) atoms. The smallest absolute Gasteiger partial charge is 0.145 e. The second-order valence-electron chi connectivity index (χ2n) is 3.04. The highest BCUT2D eigenvalue weighted by molar-refractivity contribution is 4.24. The molecule has 0 radical (unpaired) electrons. The van der Waals surface area contributed by atoms with Crippen molar-refractivity contribution >= 4 is 0 Å². The average molecular weight is 222 g/mol. The van der Waals surface area contributed by atoms with Crippen molar-refractivity contribution in [2.45, 2.75) is 46.5 Å². The summed E-state index contributed by atoms with van der Waals surface area (Å²) in [5.41, 5.74) is 0. The molecule has 96 valence electrons. The number of ether oxygens (including phenoxy) is 3. The van der Waals surface area contributed by atoms with Crippen LogP contribution in [0, 0.1) is 0 Å². The minimum absolute atomic E-state index is 0.389. The minimum atomic E-state index is 0.389. The van der Waals surface area contributed by atoms with Crippen LogP contribution in [0.1, 0.15) is 46.5 Å². The molecule has 0 aliphatic carbocycles. The van der Waals surface area contributed by atoms with Crippen LogP contribution in [0.3, 0.4) is 0 Å². The summed E-state index contributed by atoms with van der Waals surface area (Å²) in [4.78, 5) is 0. The van der Waals surface area contributed by atoms with E-state index < -0.39 is 0 Å². The number of rotatable bonds is 6. The van der Waals surface area contributed by atoms with Gasteiger partial charge in [0, 0.05) is 27.9 Å². The summed E-state index contributed by atoms with van der Waals surface area (Å²) >= 11 is 0. The summed E-state index contributed by atoms with van der Waals surface area (Å²) in [7, 11) is 4.89. The van der Waals surface area contributed by atoms with Crippen LogP contribution in [0.25, 0.3) is 0 Å². The van der Waals surface area contributed by atoms with E-state index in [-0.39, 0.29) is 0 Å². The molecule has 0 spiro atoms. The zero-order chi connectivity index (χ0) is 12.4. The quantitative estimate of drug-likeness (QED) is 0.644. The van der Waals surface area contributed by atoms with Crippen LogP contribution in [0.2, 0.25) is 0 Å². The zero-order valence-corrected chi connectivity index (χ0v) is 11.5. The van der Waals surface area contributed by atoms with Crippen LogP contribution in [0.4, 0.5) is 0 Å². The molecule has 0 aliphatic heterocycles. The van der Waals surface area contributed by atoms with E-state index >= 15 is 0 Å². The number of methoxy groups -OCH3 is 3. The molecule has 0 atom stereocenters. The summed E-state index contributed by atoms with van der Waals surface area (Å²) in [6.45, 7) is 7.79. The van der Waals surface area contributed by atoms with Gasteiger partial charge in [0.2, 0.25) is 0 Å². The molecule has 0 amide bonds. The van der Waals surface area contributed by atoms with E-state index in [4.69, 9.17) is 4.74 Å². The summed E-state index contributed by atoms with van der Waals surface area (Å²) in [6, 6.07) is 0. The Balaban J connectivity index is -0.000000144. The standard InChI is InChI=1S/C5H12.C4H10O.C3H8O2/c1-3-5-4-2;1-3-4-5-2;1-4-3-5-2/h3-5H2,1-2H3;3-4H2,1-2H3;3H2,1-2H3. The third-order valence-electron chi connectivity index (χ3n) is 1.35. The van der Waals surface area contributed by atoms with E-state index in [2.05, 4.69) is 30.2 Å². The highest BCUT2D eigenvalue weighted by Crippen LogP contribution is 1.88. The van der Waals surface area contributed by atoms with Gasteiger partial charge in [-0.2, -0.15) is 0 Å². The molecular weight excluding hydrogens is 192 g/mol. The first-order chi connectivity index (χ1) is 7.24. The summed E-state index contributed by atoms with van der Waals surface area (Å²) in [5.74, 6) is 0. The Morgan fingerprint density at radius 2 is 1.13 bits per heavy atom. The zero-order valence-electron chi connectivity index (χ0n) is 11.5. The number of unbranched alkanes of at least 4 members (excludes halogenated alkanes) is 2. The molecule has 0 aromatic carbocycles. The Bertz CT molecular complexity index is 47.6. The van der Waals surface area contributed by atoms with Crippen molar-refractivity contribution in [3.05, 3.63) is 0 Å². The highest BCUT2D eigenvalue weighted by atomic mass is 16.6. The van der Waals surface area contributed by atoms with Crippen molar-refractivity contribution in [2.75, 3.05) is 34.7 Å². The lowest BCUT2D eigenvalue weighted by Gasteiger charge is -1.87. The number of hydrogen-bond acceptors (Lipinski definition) is 3. The maximum atomic E-state index is 4.69. The van der Waals surface area contributed by atoms with Gasteiger partial charge < -0.3 is 14.2 Å². The van der Waals surface area contributed by atoms with E-state index in [0.29, 0.717) is 6.79 Å². The molecule has 0 saturated heterocycles. The number of hydrogen-bond donors (Lipinski definition) is 0. The van der Waals surface area contributed by atoms with Gasteiger partial charge >= 0.3 is 0 Å². The van der Waals surface area contributed by atoms with Crippen LogP contribution in [-0.4, -0.2) is 34.7 Å². The lowest BCUT2D eigenvalue weighted by molar-refractivity contribution is -0.00271. The molecule has 0 rings (SSSR count). The molecule has 0 N–H and O–H groups in total. The van der Waals surface area contributed by atoms with Gasteiger partial charge in [-0.15, -0.1) is 0 Å². The molecular formula is C12H30O3. The Morgan fingerprint density at radius 1 is 0.667 bits per heavy atom. The van der Waals surface area contributed by atoms with Gasteiger partial charge in [0.1, 0.15) is 6.79 Å². The SMILES string of the molecule is CCCCC.CCCOC.COCOC. The molecule has 0 aromatic heterocycles. The molecule has 0 aliphatic rings. The fourth-order valence-corrected chi connectivity index (χ4v) is 0.676. The molecule has 0 unspecified atom stereocenters. The fraction of sp³-hybridized carbons (Fsp3) is 1.00. The third kappa shape index (κ3) is 56.7. The van der Waals surface area contributed by atoms with Gasteiger partial charge in [-0.25, -0.2) is 0 Å². The molecule has 0 fully saturated rings. The van der Waals surface area contributed by atoms with Crippen molar-refractivity contribution in [3.63, 3.8) is 0 Å². The minimum Gasteiger partial charge on any atom is -0.385 e. The van der Waals surface area contributed by atoms with Crippen molar-refractivity contribution in [1.29, 1.82) is 0 Å². The van der Waals surface area contributed by atoms with Gasteiger partial charge in [-0.3, -0.25) is 0 Å². The lowest BCUT2D eigenvalue weighted by Crippen LogP contribution is -1.87. The Morgan fingerprint density at radius 3 is 1.13 bits per heavy atom. The van der Waals surface area contributed by atoms with Gasteiger partial charge in [-0.1, -0.05) is 40.0 Å². The molecule has 0 bridgehead atoms. The largest absolute Gasteiger partial charge is 0.385 e. The Hall–Kier alpha value is -0.120. The van der Waals surface area contributed by atoms with Crippen LogP contribution in [-0.2, 0) is 14.2 Å². The predicted molar refractivity (Wildman–Crippen MR) is 66.3 cm³/mol. The Kier molecular flexibility index (Phi) is 39.5. The topological polar surface area (TPSA) is 27.7 Å². The van der Waals surface area contributed by atoms with E-state index in [1.165, 1.54) is 19.3 Å². The van der Waals surface area contributed by atoms with Crippen molar-refractivity contribution in [3.8, 4) is 0 Å². The van der Waals surface area contributed by atoms with E-state index in [9.17, 15) is 0 Å². The molecule has 3 nitrogen and oxygen atoms in total. The Labute approximate surface area is 96.1 Å². The average Bonchev–Trinajstić information content (AvgIpc) is 2.23. The lowest BCUT2D eigenvalue weighted by atomic mass is 10.3. The van der Waals surface area contributed by atoms with E-state index in [1.54, 1.807) is 21.3 Å². The molecule has 0 heterocycles. The monoisotopic (exact) mass is 222 g/mol. The summed E-state index contributed by atoms with van der Waals surface area (Å²) in [6.07, 6.45) is 5.20. The summed E-state index contributed by atoms with van der Waals surface area (Å²) in [5, 5.41) is 0. The van der Waals surface area contributed by atoms with Crippen molar-refractivity contribution in [1.82, 2.24) is 0 Å². The third-order valence-corrected chi connectivity index (χ3v) is 1.35. The summed E-state index contributed by atoms with van der Waals surface area (Å²) < 4.78 is 13.6. The van der Waals surface area contributed by atoms with E-state index in [1.807, 2.05) is 0 Å². The second-order valence-corrected chi connectivity index (χ2v) is 3.04. The maximum Gasteiger partial charge on any atom is 0.145 e. The van der Waals surface area contributed by atoms with Gasteiger partial charge in [0.15, 0.2) is 0 Å². The second kappa shape index (κ2) is 29.2. The van der Waals surface area contributed by atoms with Crippen molar-refractivity contribution in [2.24, 2.45) is 0 Å². The molecule has 0 saturated carbocycles. The van der Waals surface area contributed by atoms with E-state index in [0.717, 1.165) is 13.0 Å². The normalized spacial score (nSPS) is 8.40. The van der Waals surface area contributed by atoms with Crippen LogP contribution >= 0.6 is 0 Å². The van der Waals surface area contributed by atoms with Crippen LogP contribution in [0.15, 0.2) is 0 Å². The first-order valence-corrected chi connectivity index (χ1v) is 5.71. The van der Waals surface area contributed by atoms with Gasteiger partial charge in [0.05, 0.1) is 0 Å². The van der Waals surface area contributed by atoms with Gasteiger partial charge in [0.25, 0.3) is 0 Å².